The summed E-state index contributed by atoms with van der Waals surface area (Å²) in [6.45, 7) is 10.4. The van der Waals surface area contributed by atoms with Gasteiger partial charge in [-0.15, -0.1) is 0 Å². The van der Waals surface area contributed by atoms with Crippen molar-refractivity contribution >= 4 is 11.9 Å². The van der Waals surface area contributed by atoms with Crippen molar-refractivity contribution in [2.24, 2.45) is 0 Å². The van der Waals surface area contributed by atoms with Crippen LogP contribution in [0, 0.1) is 6.92 Å². The largest absolute Gasteiger partial charge is 0.465 e. The molecule has 4 heteroatoms. The van der Waals surface area contributed by atoms with Crippen LogP contribution in [0.15, 0.2) is 36.4 Å². The van der Waals surface area contributed by atoms with Gasteiger partial charge in [-0.2, -0.15) is 0 Å². The lowest BCUT2D eigenvalue weighted by Crippen LogP contribution is -2.24. The van der Waals surface area contributed by atoms with Crippen molar-refractivity contribution in [2.45, 2.75) is 52.4 Å². The summed E-state index contributed by atoms with van der Waals surface area (Å²) in [5.41, 5.74) is 1.77. The van der Waals surface area contributed by atoms with Gasteiger partial charge in [-0.25, -0.2) is 4.79 Å². The van der Waals surface area contributed by atoms with Gasteiger partial charge in [-0.3, -0.25) is 4.79 Å². The summed E-state index contributed by atoms with van der Waals surface area (Å²) >= 11 is 0. The minimum Gasteiger partial charge on any atom is -0.465 e. The fourth-order valence-electron chi connectivity index (χ4n) is 2.29. The van der Waals surface area contributed by atoms with Crippen LogP contribution >= 0.6 is 0 Å². The van der Waals surface area contributed by atoms with E-state index < -0.39 is 17.9 Å². The van der Waals surface area contributed by atoms with Crippen LogP contribution < -0.4 is 0 Å². The van der Waals surface area contributed by atoms with Crippen molar-refractivity contribution in [1.29, 1.82) is 0 Å². The third-order valence-electron chi connectivity index (χ3n) is 3.82. The summed E-state index contributed by atoms with van der Waals surface area (Å²) < 4.78 is 10.6. The average Bonchev–Trinajstić information content (AvgIpc) is 2.57. The Morgan fingerprint density at radius 2 is 1.62 bits per heavy atom. The molecule has 0 spiro atoms. The Morgan fingerprint density at radius 3 is 2.21 bits per heavy atom. The molecule has 0 saturated heterocycles. The number of hydrogen-bond acceptors (Lipinski definition) is 4. The second-order valence-electron chi connectivity index (χ2n) is 5.83. The molecule has 0 N–H and O–H groups in total. The zero-order chi connectivity index (χ0) is 17.9. The first-order valence-electron chi connectivity index (χ1n) is 8.60. The van der Waals surface area contributed by atoms with Gasteiger partial charge >= 0.3 is 11.9 Å². The van der Waals surface area contributed by atoms with Gasteiger partial charge in [0.15, 0.2) is 0 Å². The van der Waals surface area contributed by atoms with E-state index in [-0.39, 0.29) is 5.57 Å². The van der Waals surface area contributed by atoms with E-state index in [0.717, 1.165) is 36.8 Å². The normalized spacial score (nSPS) is 11.6. The van der Waals surface area contributed by atoms with Crippen LogP contribution in [-0.2, 0) is 19.1 Å². The molecule has 0 aliphatic heterocycles. The molecule has 1 aromatic rings. The third kappa shape index (κ3) is 5.84. The zero-order valence-corrected chi connectivity index (χ0v) is 15.0. The second-order valence-corrected chi connectivity index (χ2v) is 5.83. The number of ether oxygens (including phenoxy) is 2. The first-order valence-corrected chi connectivity index (χ1v) is 8.60. The molecule has 0 aliphatic carbocycles. The molecule has 0 fully saturated rings. The van der Waals surface area contributed by atoms with Crippen LogP contribution in [0.1, 0.15) is 56.6 Å². The predicted octanol–water partition coefficient (Wildman–Crippen LogP) is 4.32. The van der Waals surface area contributed by atoms with E-state index in [1.54, 1.807) is 0 Å². The lowest BCUT2D eigenvalue weighted by atomic mass is 9.89. The molecule has 0 saturated carbocycles. The number of hydrogen-bond donors (Lipinski definition) is 0. The summed E-state index contributed by atoms with van der Waals surface area (Å²) in [5.74, 6) is -1.81. The zero-order valence-electron chi connectivity index (χ0n) is 15.0. The molecule has 1 aromatic carbocycles. The molecule has 24 heavy (non-hydrogen) atoms. The molecule has 0 aromatic heterocycles. The molecule has 0 aliphatic rings. The quantitative estimate of drug-likeness (QED) is 0.364. The Balaban J connectivity index is 2.96. The fourth-order valence-corrected chi connectivity index (χ4v) is 2.29. The molecule has 0 radical (unpaired) electrons. The van der Waals surface area contributed by atoms with E-state index in [9.17, 15) is 9.59 Å². The molecular formula is C20H28O4. The van der Waals surface area contributed by atoms with Crippen molar-refractivity contribution in [3.63, 3.8) is 0 Å². The van der Waals surface area contributed by atoms with Gasteiger partial charge in [-0.05, 0) is 30.9 Å². The fraction of sp³-hybridized carbons (Fsp3) is 0.500. The molecule has 1 atom stereocenters. The number of aryl methyl sites for hydroxylation is 1. The van der Waals surface area contributed by atoms with Gasteiger partial charge < -0.3 is 9.47 Å². The summed E-state index contributed by atoms with van der Waals surface area (Å²) in [6, 6.07) is 7.45. The summed E-state index contributed by atoms with van der Waals surface area (Å²) in [6.07, 6.45) is 3.44. The summed E-state index contributed by atoms with van der Waals surface area (Å²) in [5, 5.41) is 0. The van der Waals surface area contributed by atoms with Crippen LogP contribution in [0.5, 0.6) is 0 Å². The first-order chi connectivity index (χ1) is 11.5. The molecule has 1 rings (SSSR count). The van der Waals surface area contributed by atoms with E-state index in [1.165, 1.54) is 0 Å². The lowest BCUT2D eigenvalue weighted by Gasteiger charge is -2.20. The molecular weight excluding hydrogens is 304 g/mol. The summed E-state index contributed by atoms with van der Waals surface area (Å²) in [4.78, 5) is 24.8. The molecule has 0 bridgehead atoms. The van der Waals surface area contributed by atoms with Gasteiger partial charge in [0.2, 0.25) is 0 Å². The number of benzene rings is 1. The lowest BCUT2D eigenvalue weighted by molar-refractivity contribution is -0.148. The van der Waals surface area contributed by atoms with Crippen molar-refractivity contribution in [2.75, 3.05) is 13.2 Å². The van der Waals surface area contributed by atoms with E-state index in [1.807, 2.05) is 45.0 Å². The van der Waals surface area contributed by atoms with Crippen molar-refractivity contribution < 1.29 is 19.1 Å². The van der Waals surface area contributed by atoms with E-state index in [0.29, 0.717) is 13.2 Å². The van der Waals surface area contributed by atoms with Crippen LogP contribution in [0.2, 0.25) is 0 Å². The standard InChI is InChI=1S/C20H28O4/c1-5-7-13-23-19(21)16(4)18(20(22)24-14-8-6-2)17-12-10-9-11-15(17)3/h9-12,18H,4-8,13-14H2,1-3H3. The highest BCUT2D eigenvalue weighted by Crippen LogP contribution is 2.28. The maximum absolute atomic E-state index is 12.6. The first kappa shape index (κ1) is 19.9. The smallest absolute Gasteiger partial charge is 0.334 e. The minimum atomic E-state index is -0.822. The summed E-state index contributed by atoms with van der Waals surface area (Å²) in [7, 11) is 0. The maximum Gasteiger partial charge on any atom is 0.334 e. The van der Waals surface area contributed by atoms with E-state index in [4.69, 9.17) is 9.47 Å². The highest BCUT2D eigenvalue weighted by Gasteiger charge is 2.31. The number of carbonyl (C=O) groups excluding carboxylic acids is 2. The Bertz CT molecular complexity index is 563. The van der Waals surface area contributed by atoms with Crippen LogP contribution in [0.25, 0.3) is 0 Å². The Hall–Kier alpha value is -2.10. The molecule has 4 nitrogen and oxygen atoms in total. The van der Waals surface area contributed by atoms with Gasteiger partial charge in [0.05, 0.1) is 13.2 Å². The van der Waals surface area contributed by atoms with Crippen molar-refractivity contribution in [3.8, 4) is 0 Å². The van der Waals surface area contributed by atoms with Gasteiger partial charge in [-0.1, -0.05) is 57.5 Å². The van der Waals surface area contributed by atoms with Gasteiger partial charge in [0, 0.05) is 5.57 Å². The Labute approximate surface area is 144 Å². The molecule has 1 unspecified atom stereocenters. The molecule has 0 amide bonds. The topological polar surface area (TPSA) is 52.6 Å². The highest BCUT2D eigenvalue weighted by molar-refractivity contribution is 5.98. The number of esters is 2. The monoisotopic (exact) mass is 332 g/mol. The Morgan fingerprint density at radius 1 is 1.04 bits per heavy atom. The average molecular weight is 332 g/mol. The SMILES string of the molecule is C=C(C(=O)OCCCC)C(C(=O)OCCCC)c1ccccc1C. The number of rotatable bonds is 10. The minimum absolute atomic E-state index is 0.127. The van der Waals surface area contributed by atoms with E-state index >= 15 is 0 Å². The number of unbranched alkanes of at least 4 members (excludes halogenated alkanes) is 2. The van der Waals surface area contributed by atoms with Gasteiger partial charge in [0.1, 0.15) is 5.92 Å². The number of carbonyl (C=O) groups is 2. The molecule has 0 heterocycles. The molecule has 132 valence electrons. The van der Waals surface area contributed by atoms with Gasteiger partial charge in [0.25, 0.3) is 0 Å². The van der Waals surface area contributed by atoms with Crippen LogP contribution in [0.4, 0.5) is 0 Å². The van der Waals surface area contributed by atoms with Crippen molar-refractivity contribution in [1.82, 2.24) is 0 Å². The maximum atomic E-state index is 12.6. The Kier molecular flexibility index (Phi) is 8.84. The third-order valence-corrected chi connectivity index (χ3v) is 3.82. The second kappa shape index (κ2) is 10.6. The highest BCUT2D eigenvalue weighted by atomic mass is 16.5. The van der Waals surface area contributed by atoms with Crippen LogP contribution in [0.3, 0.4) is 0 Å². The van der Waals surface area contributed by atoms with Crippen LogP contribution in [-0.4, -0.2) is 25.2 Å². The predicted molar refractivity (Wildman–Crippen MR) is 94.8 cm³/mol. The van der Waals surface area contributed by atoms with Crippen molar-refractivity contribution in [3.05, 3.63) is 47.5 Å². The van der Waals surface area contributed by atoms with E-state index in [2.05, 4.69) is 6.58 Å².